The minimum atomic E-state index is -1.69. The molecule has 0 saturated heterocycles. The van der Waals surface area contributed by atoms with E-state index < -0.39 is 29.1 Å². The number of nitrogens with one attached hydrogen (secondary N) is 1. The van der Waals surface area contributed by atoms with Crippen LogP contribution in [0.5, 0.6) is 0 Å². The minimum absolute atomic E-state index is 0.103. The van der Waals surface area contributed by atoms with Crippen molar-refractivity contribution in [1.82, 2.24) is 0 Å². The Bertz CT molecular complexity index is 498. The van der Waals surface area contributed by atoms with Crippen molar-refractivity contribution < 1.29 is 23.5 Å². The molecule has 1 amide bonds. The molecule has 1 aromatic carbocycles. The zero-order chi connectivity index (χ0) is 14.8. The third-order valence-electron chi connectivity index (χ3n) is 2.23. The van der Waals surface area contributed by atoms with Gasteiger partial charge in [-0.15, -0.1) is 0 Å². The van der Waals surface area contributed by atoms with E-state index in [4.69, 9.17) is 5.11 Å². The molecule has 0 bridgehead atoms. The zero-order valence-corrected chi connectivity index (χ0v) is 10.9. The van der Waals surface area contributed by atoms with E-state index in [-0.39, 0.29) is 17.5 Å². The molecule has 1 aromatic rings. The summed E-state index contributed by atoms with van der Waals surface area (Å²) in [5.41, 5.74) is -1.40. The number of aromatic carboxylic acids is 1. The Morgan fingerprint density at radius 1 is 1.21 bits per heavy atom. The van der Waals surface area contributed by atoms with Crippen molar-refractivity contribution in [1.29, 1.82) is 0 Å². The number of carboxylic acid groups (broad SMARTS) is 1. The van der Waals surface area contributed by atoms with Crippen molar-refractivity contribution in [2.24, 2.45) is 5.41 Å². The molecule has 0 saturated carbocycles. The lowest BCUT2D eigenvalue weighted by molar-refractivity contribution is -0.117. The van der Waals surface area contributed by atoms with Crippen LogP contribution in [0.4, 0.5) is 14.5 Å². The van der Waals surface area contributed by atoms with Gasteiger partial charge in [-0.2, -0.15) is 0 Å². The third-order valence-corrected chi connectivity index (χ3v) is 2.23. The second-order valence-electron chi connectivity index (χ2n) is 5.41. The summed E-state index contributed by atoms with van der Waals surface area (Å²) in [6.07, 6.45) is 0.178. The van der Waals surface area contributed by atoms with Gasteiger partial charge < -0.3 is 10.4 Å². The van der Waals surface area contributed by atoms with Crippen LogP contribution in [0.3, 0.4) is 0 Å². The maximum absolute atomic E-state index is 13.4. The first-order valence-corrected chi connectivity index (χ1v) is 5.62. The number of rotatable bonds is 3. The van der Waals surface area contributed by atoms with Crippen LogP contribution in [0.15, 0.2) is 12.1 Å². The number of benzene rings is 1. The predicted octanol–water partition coefficient (Wildman–Crippen LogP) is 3.04. The quantitative estimate of drug-likeness (QED) is 0.888. The Kier molecular flexibility index (Phi) is 4.24. The molecule has 0 unspecified atom stereocenters. The van der Waals surface area contributed by atoms with Gasteiger partial charge in [0.2, 0.25) is 5.91 Å². The molecule has 0 aliphatic carbocycles. The molecular formula is C13H15F2NO3. The predicted molar refractivity (Wildman–Crippen MR) is 66.0 cm³/mol. The molecule has 6 heteroatoms. The molecule has 0 spiro atoms. The van der Waals surface area contributed by atoms with E-state index in [9.17, 15) is 18.4 Å². The van der Waals surface area contributed by atoms with Crippen molar-refractivity contribution in [2.45, 2.75) is 27.2 Å². The highest BCUT2D eigenvalue weighted by Crippen LogP contribution is 2.22. The lowest BCUT2D eigenvalue weighted by Gasteiger charge is -2.17. The summed E-state index contributed by atoms with van der Waals surface area (Å²) in [5.74, 6) is -4.53. The highest BCUT2D eigenvalue weighted by atomic mass is 19.1. The van der Waals surface area contributed by atoms with Crippen LogP contribution in [-0.4, -0.2) is 17.0 Å². The van der Waals surface area contributed by atoms with Gasteiger partial charge >= 0.3 is 5.97 Å². The summed E-state index contributed by atoms with van der Waals surface area (Å²) in [5, 5.41) is 10.9. The van der Waals surface area contributed by atoms with Crippen molar-refractivity contribution in [2.75, 3.05) is 5.32 Å². The van der Waals surface area contributed by atoms with Crippen LogP contribution in [0, 0.1) is 17.0 Å². The van der Waals surface area contributed by atoms with Crippen LogP contribution in [0.25, 0.3) is 0 Å². The number of anilines is 1. The lowest BCUT2D eigenvalue weighted by atomic mass is 9.92. The molecule has 0 radical (unpaired) electrons. The maximum Gasteiger partial charge on any atom is 0.341 e. The molecule has 4 nitrogen and oxygen atoms in total. The average Bonchev–Trinajstić information content (AvgIpc) is 2.10. The summed E-state index contributed by atoms with van der Waals surface area (Å²) in [4.78, 5) is 22.2. The van der Waals surface area contributed by atoms with Gasteiger partial charge in [0.05, 0.1) is 0 Å². The van der Waals surface area contributed by atoms with E-state index in [0.717, 1.165) is 12.1 Å². The molecule has 0 heterocycles. The number of amides is 1. The topological polar surface area (TPSA) is 66.4 Å². The summed E-state index contributed by atoms with van der Waals surface area (Å²) in [6, 6.07) is 1.57. The minimum Gasteiger partial charge on any atom is -0.477 e. The second-order valence-corrected chi connectivity index (χ2v) is 5.41. The summed E-state index contributed by atoms with van der Waals surface area (Å²) >= 11 is 0. The van der Waals surface area contributed by atoms with Crippen LogP contribution >= 0.6 is 0 Å². The summed E-state index contributed by atoms with van der Waals surface area (Å²) in [7, 11) is 0. The highest BCUT2D eigenvalue weighted by Gasteiger charge is 2.20. The molecule has 0 aliphatic heterocycles. The molecular weight excluding hydrogens is 256 g/mol. The molecule has 104 valence electrons. The van der Waals surface area contributed by atoms with Crippen molar-refractivity contribution >= 4 is 17.6 Å². The van der Waals surface area contributed by atoms with Crippen molar-refractivity contribution in [3.05, 3.63) is 29.3 Å². The molecule has 0 aliphatic rings. The highest BCUT2D eigenvalue weighted by molar-refractivity contribution is 5.93. The van der Waals surface area contributed by atoms with Gasteiger partial charge in [0.15, 0.2) is 0 Å². The second kappa shape index (κ2) is 5.34. The van der Waals surface area contributed by atoms with Crippen LogP contribution in [0.2, 0.25) is 0 Å². The van der Waals surface area contributed by atoms with Crippen LogP contribution in [0.1, 0.15) is 37.6 Å². The molecule has 19 heavy (non-hydrogen) atoms. The fourth-order valence-corrected chi connectivity index (χ4v) is 1.54. The summed E-state index contributed by atoms with van der Waals surface area (Å²) < 4.78 is 26.8. The van der Waals surface area contributed by atoms with Gasteiger partial charge in [-0.05, 0) is 17.5 Å². The lowest BCUT2D eigenvalue weighted by Crippen LogP contribution is -2.20. The smallest absolute Gasteiger partial charge is 0.341 e. The fourth-order valence-electron chi connectivity index (χ4n) is 1.54. The van der Waals surface area contributed by atoms with Crippen molar-refractivity contribution in [3.8, 4) is 0 Å². The Labute approximate surface area is 109 Å². The summed E-state index contributed by atoms with van der Waals surface area (Å²) in [6.45, 7) is 5.55. The normalized spacial score (nSPS) is 11.2. The van der Waals surface area contributed by atoms with Gasteiger partial charge in [0, 0.05) is 12.1 Å². The Morgan fingerprint density at radius 2 is 1.68 bits per heavy atom. The van der Waals surface area contributed by atoms with E-state index in [1.807, 2.05) is 20.8 Å². The number of hydrogen-bond acceptors (Lipinski definition) is 2. The van der Waals surface area contributed by atoms with Crippen LogP contribution in [-0.2, 0) is 4.79 Å². The largest absolute Gasteiger partial charge is 0.477 e. The van der Waals surface area contributed by atoms with Crippen LogP contribution < -0.4 is 5.32 Å². The Morgan fingerprint density at radius 3 is 2.05 bits per heavy atom. The molecule has 2 N–H and O–H groups in total. The molecule has 1 rings (SSSR count). The molecule has 0 atom stereocenters. The zero-order valence-electron chi connectivity index (χ0n) is 10.9. The first-order valence-electron chi connectivity index (χ1n) is 5.62. The third kappa shape index (κ3) is 4.31. The van der Waals surface area contributed by atoms with E-state index in [0.29, 0.717) is 0 Å². The van der Waals surface area contributed by atoms with E-state index in [2.05, 4.69) is 5.32 Å². The maximum atomic E-state index is 13.4. The first-order chi connectivity index (χ1) is 8.60. The fraction of sp³-hybridized carbons (Fsp3) is 0.385. The van der Waals surface area contributed by atoms with E-state index in [1.165, 1.54) is 0 Å². The number of hydrogen-bond donors (Lipinski definition) is 2. The number of halogens is 2. The number of carbonyl (C=O) groups is 2. The van der Waals surface area contributed by atoms with Gasteiger partial charge in [-0.3, -0.25) is 4.79 Å². The Hall–Kier alpha value is -1.98. The number of carboxylic acids is 1. The molecule has 0 fully saturated rings. The van der Waals surface area contributed by atoms with E-state index >= 15 is 0 Å². The van der Waals surface area contributed by atoms with Gasteiger partial charge in [0.25, 0.3) is 0 Å². The SMILES string of the molecule is CC(C)(C)CC(=O)Nc1cc(F)c(C(=O)O)c(F)c1. The standard InChI is InChI=1S/C13H15F2NO3/c1-13(2,3)6-10(17)16-7-4-8(14)11(12(18)19)9(15)5-7/h4-5H,6H2,1-3H3,(H,16,17)(H,18,19). The average molecular weight is 271 g/mol. The van der Waals surface area contributed by atoms with Gasteiger partial charge in [0.1, 0.15) is 17.2 Å². The van der Waals surface area contributed by atoms with Gasteiger partial charge in [-0.1, -0.05) is 20.8 Å². The van der Waals surface area contributed by atoms with Gasteiger partial charge in [-0.25, -0.2) is 13.6 Å². The van der Waals surface area contributed by atoms with Crippen molar-refractivity contribution in [3.63, 3.8) is 0 Å². The monoisotopic (exact) mass is 271 g/mol. The Balaban J connectivity index is 2.93. The number of carbonyl (C=O) groups excluding carboxylic acids is 1. The first kappa shape index (κ1) is 15.1. The molecule has 0 aromatic heterocycles. The van der Waals surface area contributed by atoms with E-state index in [1.54, 1.807) is 0 Å².